The lowest BCUT2D eigenvalue weighted by molar-refractivity contribution is -0.137. The Labute approximate surface area is 158 Å². The first-order valence-electron chi connectivity index (χ1n) is 8.48. The molecule has 0 aliphatic carbocycles. The molecule has 1 aliphatic heterocycles. The van der Waals surface area contributed by atoms with Crippen LogP contribution in [-0.2, 0) is 20.6 Å². The summed E-state index contributed by atoms with van der Waals surface area (Å²) in [6.45, 7) is 0.0875. The number of carbonyl (C=O) groups excluding carboxylic acids is 3. The number of benzene rings is 1. The monoisotopic (exact) mass is 392 g/mol. The number of likely N-dealkylation sites (tertiary alicyclic amines) is 1. The summed E-state index contributed by atoms with van der Waals surface area (Å²) in [4.78, 5) is 42.4. The topological polar surface area (TPSA) is 122 Å². The Kier molecular flexibility index (Phi) is 5.97. The molecule has 2 heterocycles. The molecule has 0 spiro atoms. The molecule has 2 amide bonds. The second-order valence-corrected chi connectivity index (χ2v) is 7.35. The fourth-order valence-electron chi connectivity index (χ4n) is 2.96. The molecule has 2 N–H and O–H groups in total. The first kappa shape index (κ1) is 19.2. The lowest BCUT2D eigenvalue weighted by Crippen LogP contribution is -2.49. The molecule has 1 aliphatic rings. The summed E-state index contributed by atoms with van der Waals surface area (Å²) in [5, 5.41) is 2.55. The number of amides is 2. The van der Waals surface area contributed by atoms with Crippen LogP contribution in [0.4, 0.5) is 0 Å². The Balaban J connectivity index is 1.56. The third kappa shape index (κ3) is 4.58. The van der Waals surface area contributed by atoms with Crippen LogP contribution in [0.5, 0.6) is 0 Å². The highest BCUT2D eigenvalue weighted by Gasteiger charge is 2.34. The largest absolute Gasteiger partial charge is 0.434 e. The van der Waals surface area contributed by atoms with Gasteiger partial charge in [-0.2, -0.15) is 0 Å². The summed E-state index contributed by atoms with van der Waals surface area (Å²) in [6.07, 6.45) is 2.64. The number of fused-ring (bicyclic) bond motifs is 1. The maximum absolute atomic E-state index is 12.4. The molecule has 10 heteroatoms. The van der Waals surface area contributed by atoms with Crippen molar-refractivity contribution in [1.82, 2.24) is 19.9 Å². The Morgan fingerprint density at radius 3 is 2.81 bits per heavy atom. The zero-order valence-electron chi connectivity index (χ0n) is 14.8. The van der Waals surface area contributed by atoms with Crippen molar-refractivity contribution in [3.05, 3.63) is 30.2 Å². The molecule has 144 valence electrons. The van der Waals surface area contributed by atoms with Crippen molar-refractivity contribution < 1.29 is 23.0 Å². The zero-order valence-corrected chi connectivity index (χ0v) is 15.6. The van der Waals surface area contributed by atoms with Gasteiger partial charge < -0.3 is 14.6 Å². The molecule has 1 fully saturated rings. The first-order valence-corrected chi connectivity index (χ1v) is 10.0. The van der Waals surface area contributed by atoms with Crippen molar-refractivity contribution >= 4 is 39.7 Å². The third-order valence-corrected chi connectivity index (χ3v) is 4.81. The quantitative estimate of drug-likeness (QED) is 0.640. The van der Waals surface area contributed by atoms with Crippen molar-refractivity contribution in [2.45, 2.75) is 18.9 Å². The summed E-state index contributed by atoms with van der Waals surface area (Å²) < 4.78 is 19.0. The van der Waals surface area contributed by atoms with Crippen LogP contribution in [0.1, 0.15) is 23.5 Å². The standard InChI is InChI=1S/C17H20N4O5S/c1-27(25)19-10-15(23)21-8-4-6-12(21)16(24)18-9-13(22)17-20-11-5-2-3-7-14(11)26-17/h2-3,5,7,12,19H,4,6,8-10H2,1H3,(H,18,24). The maximum Gasteiger partial charge on any atom is 0.266 e. The fourth-order valence-corrected chi connectivity index (χ4v) is 3.28. The summed E-state index contributed by atoms with van der Waals surface area (Å²) in [6, 6.07) is 6.36. The molecule has 0 radical (unpaired) electrons. The summed E-state index contributed by atoms with van der Waals surface area (Å²) in [5.74, 6) is -1.21. The minimum atomic E-state index is -1.31. The second-order valence-electron chi connectivity index (χ2n) is 6.15. The molecule has 27 heavy (non-hydrogen) atoms. The number of hydrogen-bond donors (Lipinski definition) is 2. The molecule has 0 bridgehead atoms. The highest BCUT2D eigenvalue weighted by Crippen LogP contribution is 2.18. The maximum atomic E-state index is 12.4. The van der Waals surface area contributed by atoms with Gasteiger partial charge in [0.2, 0.25) is 17.6 Å². The normalized spacial score (nSPS) is 17.8. The molecule has 2 aromatic rings. The van der Waals surface area contributed by atoms with Gasteiger partial charge in [-0.3, -0.25) is 14.4 Å². The van der Waals surface area contributed by atoms with E-state index in [9.17, 15) is 18.6 Å². The molecule has 1 saturated heterocycles. The van der Waals surface area contributed by atoms with Crippen molar-refractivity contribution in [3.63, 3.8) is 0 Å². The molecule has 9 nitrogen and oxygen atoms in total. The van der Waals surface area contributed by atoms with Crippen molar-refractivity contribution in [2.24, 2.45) is 0 Å². The van der Waals surface area contributed by atoms with Crippen LogP contribution in [-0.4, -0.2) is 63.6 Å². The highest BCUT2D eigenvalue weighted by molar-refractivity contribution is 7.82. The van der Waals surface area contributed by atoms with E-state index in [0.717, 1.165) is 0 Å². The highest BCUT2D eigenvalue weighted by atomic mass is 32.2. The van der Waals surface area contributed by atoms with Gasteiger partial charge in [-0.15, -0.1) is 0 Å². The van der Waals surface area contributed by atoms with Gasteiger partial charge in [0.05, 0.1) is 24.1 Å². The minimum Gasteiger partial charge on any atom is -0.434 e. The Morgan fingerprint density at radius 2 is 2.07 bits per heavy atom. The van der Waals surface area contributed by atoms with E-state index in [0.29, 0.717) is 30.5 Å². The lowest BCUT2D eigenvalue weighted by Gasteiger charge is -2.23. The molecule has 3 rings (SSSR count). The van der Waals surface area contributed by atoms with Crippen LogP contribution in [0.2, 0.25) is 0 Å². The van der Waals surface area contributed by atoms with Crippen molar-refractivity contribution in [2.75, 3.05) is 25.9 Å². The molecular formula is C17H20N4O5S. The van der Waals surface area contributed by atoms with Crippen LogP contribution in [0.15, 0.2) is 28.7 Å². The van der Waals surface area contributed by atoms with Gasteiger partial charge in [-0.25, -0.2) is 13.9 Å². The zero-order chi connectivity index (χ0) is 19.4. The number of aromatic nitrogens is 1. The second kappa shape index (κ2) is 8.40. The predicted octanol–water partition coefficient (Wildman–Crippen LogP) is 0.000800. The van der Waals surface area contributed by atoms with Crippen LogP contribution in [0.25, 0.3) is 11.1 Å². The van der Waals surface area contributed by atoms with Crippen LogP contribution in [0.3, 0.4) is 0 Å². The Hall–Kier alpha value is -2.59. The van der Waals surface area contributed by atoms with Crippen LogP contribution < -0.4 is 10.0 Å². The van der Waals surface area contributed by atoms with Crippen molar-refractivity contribution in [3.8, 4) is 0 Å². The van der Waals surface area contributed by atoms with Gasteiger partial charge in [0.1, 0.15) is 11.6 Å². The van der Waals surface area contributed by atoms with Gasteiger partial charge in [0, 0.05) is 12.8 Å². The van der Waals surface area contributed by atoms with E-state index in [2.05, 4.69) is 15.0 Å². The predicted molar refractivity (Wildman–Crippen MR) is 98.2 cm³/mol. The number of para-hydroxylation sites is 2. The van der Waals surface area contributed by atoms with E-state index in [1.54, 1.807) is 24.3 Å². The third-order valence-electron chi connectivity index (χ3n) is 4.26. The number of ketones is 1. The number of rotatable bonds is 7. The van der Waals surface area contributed by atoms with Gasteiger partial charge >= 0.3 is 0 Å². The smallest absolute Gasteiger partial charge is 0.266 e. The van der Waals surface area contributed by atoms with Gasteiger partial charge in [0.15, 0.2) is 5.58 Å². The molecule has 2 atom stereocenters. The van der Waals surface area contributed by atoms with Gasteiger partial charge in [-0.05, 0) is 25.0 Å². The molecule has 1 aromatic heterocycles. The number of nitrogens with zero attached hydrogens (tertiary/aromatic N) is 2. The van der Waals surface area contributed by atoms with E-state index in [1.807, 2.05) is 0 Å². The van der Waals surface area contributed by atoms with Crippen LogP contribution >= 0.6 is 0 Å². The number of nitrogens with one attached hydrogen (secondary N) is 2. The minimum absolute atomic E-state index is 0.0644. The molecule has 0 saturated carbocycles. The lowest BCUT2D eigenvalue weighted by atomic mass is 10.2. The Bertz CT molecular complexity index is 863. The summed E-state index contributed by atoms with van der Waals surface area (Å²) in [7, 11) is -1.31. The van der Waals surface area contributed by atoms with E-state index in [4.69, 9.17) is 4.42 Å². The molecule has 1 aromatic carbocycles. The summed E-state index contributed by atoms with van der Waals surface area (Å²) in [5.41, 5.74) is 1.07. The van der Waals surface area contributed by atoms with Crippen molar-refractivity contribution in [1.29, 1.82) is 0 Å². The Morgan fingerprint density at radius 1 is 1.30 bits per heavy atom. The average Bonchev–Trinajstić information content (AvgIpc) is 3.30. The van der Waals surface area contributed by atoms with E-state index in [-0.39, 0.29) is 24.9 Å². The van der Waals surface area contributed by atoms with E-state index in [1.165, 1.54) is 11.2 Å². The van der Waals surface area contributed by atoms with E-state index < -0.39 is 28.7 Å². The van der Waals surface area contributed by atoms with Gasteiger partial charge in [0.25, 0.3) is 5.89 Å². The summed E-state index contributed by atoms with van der Waals surface area (Å²) >= 11 is 0. The SMILES string of the molecule is CS(=O)NCC(=O)N1CCCC1C(=O)NCC(=O)c1nc2ccccc2o1. The number of oxazole rings is 1. The average molecular weight is 392 g/mol. The molecule has 2 unspecified atom stereocenters. The van der Waals surface area contributed by atoms with E-state index >= 15 is 0 Å². The number of hydrogen-bond acceptors (Lipinski definition) is 6. The van der Waals surface area contributed by atoms with Gasteiger partial charge in [-0.1, -0.05) is 12.1 Å². The van der Waals surface area contributed by atoms with Crippen LogP contribution in [0, 0.1) is 0 Å². The first-order chi connectivity index (χ1) is 13.0. The number of Topliss-reactive ketones (excluding diaryl/α,β-unsaturated/α-hetero) is 1. The molecular weight excluding hydrogens is 372 g/mol. The number of carbonyl (C=O) groups is 3. The fraction of sp³-hybridized carbons (Fsp3) is 0.412.